The van der Waals surface area contributed by atoms with Gasteiger partial charge in [0.05, 0.1) is 5.69 Å². The number of ether oxygens (including phenoxy) is 1. The summed E-state index contributed by atoms with van der Waals surface area (Å²) in [7, 11) is 1.55. The van der Waals surface area contributed by atoms with Gasteiger partial charge in [-0.2, -0.15) is 13.9 Å². The molecule has 2 aromatic heterocycles. The number of alkyl halides is 2. The van der Waals surface area contributed by atoms with Crippen molar-refractivity contribution in [2.45, 2.75) is 26.4 Å². The molecule has 0 aliphatic heterocycles. The molecule has 152 valence electrons. The minimum Gasteiger partial charge on any atom is -0.473 e. The van der Waals surface area contributed by atoms with Crippen LogP contribution in [0.15, 0.2) is 42.6 Å². The fourth-order valence-corrected chi connectivity index (χ4v) is 2.83. The minimum absolute atomic E-state index is 0.163. The standard InChI is InChI=1S/C20H21F2N5O2/c1-12-8-14(4-5-15(12)19(28)25-23)16-9-13(6-7-24-16)11-29-18-10-17(20(2,21)22)26-27(18)3/h4-10H,11,23H2,1-3H3,(H,25,28). The molecule has 9 heteroatoms. The first-order chi connectivity index (χ1) is 13.7. The van der Waals surface area contributed by atoms with Crippen LogP contribution in [0.25, 0.3) is 11.3 Å². The Labute approximate surface area is 166 Å². The number of nitrogens with zero attached hydrogens (tertiary/aromatic N) is 3. The van der Waals surface area contributed by atoms with Crippen LogP contribution < -0.4 is 16.0 Å². The fraction of sp³-hybridized carbons (Fsp3) is 0.250. The van der Waals surface area contributed by atoms with Gasteiger partial charge in [0.25, 0.3) is 11.8 Å². The fourth-order valence-electron chi connectivity index (χ4n) is 2.83. The first-order valence-electron chi connectivity index (χ1n) is 8.81. The lowest BCUT2D eigenvalue weighted by molar-refractivity contribution is 0.0122. The van der Waals surface area contributed by atoms with Crippen molar-refractivity contribution in [1.29, 1.82) is 0 Å². The number of carbonyl (C=O) groups is 1. The van der Waals surface area contributed by atoms with Crippen molar-refractivity contribution >= 4 is 5.91 Å². The number of benzene rings is 1. The molecule has 1 amide bonds. The molecule has 0 radical (unpaired) electrons. The molecule has 29 heavy (non-hydrogen) atoms. The minimum atomic E-state index is -3.03. The molecule has 3 rings (SSSR count). The number of carbonyl (C=O) groups excluding carboxylic acids is 1. The molecule has 0 aliphatic rings. The summed E-state index contributed by atoms with van der Waals surface area (Å²) in [6.45, 7) is 2.76. The van der Waals surface area contributed by atoms with Crippen LogP contribution >= 0.6 is 0 Å². The third kappa shape index (κ3) is 4.57. The zero-order chi connectivity index (χ0) is 21.2. The number of amides is 1. The van der Waals surface area contributed by atoms with Gasteiger partial charge < -0.3 is 4.74 Å². The van der Waals surface area contributed by atoms with Crippen LogP contribution in [0.3, 0.4) is 0 Å². The maximum Gasteiger partial charge on any atom is 0.288 e. The second-order valence-corrected chi connectivity index (χ2v) is 6.72. The van der Waals surface area contributed by atoms with Gasteiger partial charge >= 0.3 is 0 Å². The summed E-state index contributed by atoms with van der Waals surface area (Å²) in [4.78, 5) is 16.1. The number of hydrogen-bond acceptors (Lipinski definition) is 5. The highest BCUT2D eigenvalue weighted by atomic mass is 19.3. The van der Waals surface area contributed by atoms with Crippen molar-refractivity contribution in [3.8, 4) is 17.1 Å². The number of nitrogens with two attached hydrogens (primary N) is 1. The van der Waals surface area contributed by atoms with Crippen LogP contribution in [0.4, 0.5) is 8.78 Å². The molecule has 0 aliphatic carbocycles. The number of hydrazine groups is 1. The molecule has 0 atom stereocenters. The number of aromatic nitrogens is 3. The van der Waals surface area contributed by atoms with Gasteiger partial charge in [-0.05, 0) is 42.3 Å². The van der Waals surface area contributed by atoms with Crippen LogP contribution in [-0.4, -0.2) is 20.7 Å². The molecule has 3 aromatic rings. The molecule has 2 heterocycles. The Bertz CT molecular complexity index is 1040. The predicted octanol–water partition coefficient (Wildman–Crippen LogP) is 3.08. The number of rotatable bonds is 6. The van der Waals surface area contributed by atoms with Crippen molar-refractivity contribution in [3.63, 3.8) is 0 Å². The maximum absolute atomic E-state index is 13.4. The van der Waals surface area contributed by atoms with E-state index in [9.17, 15) is 13.6 Å². The third-order valence-corrected chi connectivity index (χ3v) is 4.40. The first-order valence-corrected chi connectivity index (χ1v) is 8.81. The average molecular weight is 401 g/mol. The van der Waals surface area contributed by atoms with Crippen LogP contribution in [0.5, 0.6) is 5.88 Å². The molecule has 3 N–H and O–H groups in total. The molecule has 0 bridgehead atoms. The summed E-state index contributed by atoms with van der Waals surface area (Å²) in [6.07, 6.45) is 1.64. The SMILES string of the molecule is Cc1cc(-c2cc(COc3cc(C(C)(F)F)nn3C)ccn2)ccc1C(=O)NN. The van der Waals surface area contributed by atoms with Crippen molar-refractivity contribution in [2.24, 2.45) is 12.9 Å². The van der Waals surface area contributed by atoms with Crippen molar-refractivity contribution in [3.05, 3.63) is 65.0 Å². The molecule has 0 fully saturated rings. The van der Waals surface area contributed by atoms with Crippen molar-refractivity contribution in [2.75, 3.05) is 0 Å². The van der Waals surface area contributed by atoms with Gasteiger partial charge in [0.15, 0.2) is 0 Å². The number of halogens is 2. The smallest absolute Gasteiger partial charge is 0.288 e. The largest absolute Gasteiger partial charge is 0.473 e. The molecular formula is C20H21F2N5O2. The summed E-state index contributed by atoms with van der Waals surface area (Å²) in [5.41, 5.74) is 5.34. The molecule has 1 aromatic carbocycles. The lowest BCUT2D eigenvalue weighted by Crippen LogP contribution is -2.30. The summed E-state index contributed by atoms with van der Waals surface area (Å²) in [6, 6.07) is 10.1. The van der Waals surface area contributed by atoms with E-state index in [1.165, 1.54) is 10.7 Å². The lowest BCUT2D eigenvalue weighted by Gasteiger charge is -2.09. The summed E-state index contributed by atoms with van der Waals surface area (Å²) in [5, 5.41) is 3.79. The van der Waals surface area contributed by atoms with E-state index in [2.05, 4.69) is 15.5 Å². The van der Waals surface area contributed by atoms with Crippen molar-refractivity contribution in [1.82, 2.24) is 20.2 Å². The van der Waals surface area contributed by atoms with Gasteiger partial charge in [0.1, 0.15) is 12.3 Å². The number of hydrogen-bond donors (Lipinski definition) is 2. The zero-order valence-corrected chi connectivity index (χ0v) is 16.2. The highest BCUT2D eigenvalue weighted by molar-refractivity contribution is 5.95. The highest BCUT2D eigenvalue weighted by Crippen LogP contribution is 2.29. The van der Waals surface area contributed by atoms with Gasteiger partial charge in [-0.3, -0.25) is 15.2 Å². The maximum atomic E-state index is 13.4. The van der Waals surface area contributed by atoms with E-state index >= 15 is 0 Å². The van der Waals surface area contributed by atoms with E-state index in [0.717, 1.165) is 23.6 Å². The Morgan fingerprint density at radius 1 is 1.28 bits per heavy atom. The van der Waals surface area contributed by atoms with Crippen molar-refractivity contribution < 1.29 is 18.3 Å². The van der Waals surface area contributed by atoms with E-state index in [-0.39, 0.29) is 24.1 Å². The van der Waals surface area contributed by atoms with E-state index in [1.54, 1.807) is 31.4 Å². The second-order valence-electron chi connectivity index (χ2n) is 6.72. The summed E-state index contributed by atoms with van der Waals surface area (Å²) >= 11 is 0. The van der Waals surface area contributed by atoms with E-state index < -0.39 is 5.92 Å². The van der Waals surface area contributed by atoms with Gasteiger partial charge in [-0.15, -0.1) is 0 Å². The summed E-state index contributed by atoms with van der Waals surface area (Å²) < 4.78 is 33.8. The van der Waals surface area contributed by atoms with E-state index in [1.807, 2.05) is 19.1 Å². The van der Waals surface area contributed by atoms with Crippen LogP contribution in [0.2, 0.25) is 0 Å². The predicted molar refractivity (Wildman–Crippen MR) is 103 cm³/mol. The quantitative estimate of drug-likeness (QED) is 0.376. The molecule has 0 spiro atoms. The van der Waals surface area contributed by atoms with E-state index in [4.69, 9.17) is 10.6 Å². The Morgan fingerprint density at radius 2 is 2.03 bits per heavy atom. The summed E-state index contributed by atoms with van der Waals surface area (Å²) in [5.74, 6) is 2.03. The molecule has 0 unspecified atom stereocenters. The van der Waals surface area contributed by atoms with Crippen LogP contribution in [-0.2, 0) is 19.6 Å². The molecule has 0 saturated heterocycles. The van der Waals surface area contributed by atoms with Crippen LogP contribution in [0, 0.1) is 6.92 Å². The number of aryl methyl sites for hydroxylation is 2. The first kappa shape index (κ1) is 20.4. The number of pyridine rings is 1. The van der Waals surface area contributed by atoms with Gasteiger partial charge in [0, 0.05) is 37.4 Å². The zero-order valence-electron chi connectivity index (χ0n) is 16.2. The Kier molecular flexibility index (Phi) is 5.60. The highest BCUT2D eigenvalue weighted by Gasteiger charge is 2.29. The molecule has 0 saturated carbocycles. The Balaban J connectivity index is 1.78. The number of nitrogens with one attached hydrogen (secondary N) is 1. The van der Waals surface area contributed by atoms with Gasteiger partial charge in [-0.1, -0.05) is 6.07 Å². The lowest BCUT2D eigenvalue weighted by atomic mass is 10.0. The second kappa shape index (κ2) is 7.96. The van der Waals surface area contributed by atoms with E-state index in [0.29, 0.717) is 11.3 Å². The normalized spacial score (nSPS) is 11.4. The number of nitrogen functional groups attached to an aromatic ring is 1. The topological polar surface area (TPSA) is 95.1 Å². The van der Waals surface area contributed by atoms with Gasteiger partial charge in [-0.25, -0.2) is 10.5 Å². The molecular weight excluding hydrogens is 380 g/mol. The Morgan fingerprint density at radius 3 is 2.66 bits per heavy atom. The third-order valence-electron chi connectivity index (χ3n) is 4.40. The average Bonchev–Trinajstić information content (AvgIpc) is 3.07. The van der Waals surface area contributed by atoms with Crippen LogP contribution in [0.1, 0.15) is 34.1 Å². The molecule has 7 nitrogen and oxygen atoms in total. The Hall–Kier alpha value is -3.33. The van der Waals surface area contributed by atoms with Gasteiger partial charge in [0.2, 0.25) is 5.88 Å². The monoisotopic (exact) mass is 401 g/mol.